The predicted octanol–water partition coefficient (Wildman–Crippen LogP) is 3.22. The van der Waals surface area contributed by atoms with Crippen LogP contribution in [0.5, 0.6) is 5.75 Å². The van der Waals surface area contributed by atoms with Gasteiger partial charge in [0.1, 0.15) is 5.75 Å². The Kier molecular flexibility index (Phi) is 5.86. The zero-order chi connectivity index (χ0) is 14.4. The van der Waals surface area contributed by atoms with Gasteiger partial charge in [0, 0.05) is 12.6 Å². The minimum atomic E-state index is 0.158. The van der Waals surface area contributed by atoms with Crippen molar-refractivity contribution in [2.75, 3.05) is 13.2 Å². The predicted molar refractivity (Wildman–Crippen MR) is 82.2 cm³/mol. The highest BCUT2D eigenvalue weighted by molar-refractivity contribution is 5.37. The van der Waals surface area contributed by atoms with Gasteiger partial charge in [-0.15, -0.1) is 0 Å². The van der Waals surface area contributed by atoms with E-state index >= 15 is 0 Å². The molecule has 0 saturated carbocycles. The maximum Gasteiger partial charge on any atom is 0.122 e. The van der Waals surface area contributed by atoms with Gasteiger partial charge in [-0.25, -0.2) is 0 Å². The highest BCUT2D eigenvalue weighted by atomic mass is 16.5. The first kappa shape index (κ1) is 15.3. The molecule has 1 aromatic rings. The molecular formula is C17H27NO2. The third kappa shape index (κ3) is 4.80. The second-order valence-electron chi connectivity index (χ2n) is 5.92. The van der Waals surface area contributed by atoms with Crippen molar-refractivity contribution in [1.82, 2.24) is 0 Å². The number of hydrogen-bond donors (Lipinski definition) is 1. The van der Waals surface area contributed by atoms with Crippen molar-refractivity contribution in [2.45, 2.75) is 58.1 Å². The molecule has 0 spiro atoms. The SMILES string of the molecule is Cc1ccc(OCCCC2CCCO2)c(CC(C)N)c1. The molecule has 1 aliphatic heterocycles. The van der Waals surface area contributed by atoms with E-state index in [9.17, 15) is 0 Å². The highest BCUT2D eigenvalue weighted by Crippen LogP contribution is 2.22. The van der Waals surface area contributed by atoms with Crippen LogP contribution in [-0.2, 0) is 11.2 Å². The molecule has 1 saturated heterocycles. The molecule has 2 N–H and O–H groups in total. The second-order valence-corrected chi connectivity index (χ2v) is 5.92. The Morgan fingerprint density at radius 3 is 3.00 bits per heavy atom. The van der Waals surface area contributed by atoms with E-state index in [-0.39, 0.29) is 6.04 Å². The number of nitrogens with two attached hydrogens (primary N) is 1. The van der Waals surface area contributed by atoms with Crippen LogP contribution in [0.15, 0.2) is 18.2 Å². The van der Waals surface area contributed by atoms with Crippen molar-refractivity contribution in [2.24, 2.45) is 5.73 Å². The van der Waals surface area contributed by atoms with E-state index in [0.717, 1.165) is 38.2 Å². The molecule has 0 aliphatic carbocycles. The largest absolute Gasteiger partial charge is 0.493 e. The number of rotatable bonds is 7. The Bertz CT molecular complexity index is 411. The average molecular weight is 277 g/mol. The molecule has 0 aromatic heterocycles. The Balaban J connectivity index is 1.81. The second kappa shape index (κ2) is 7.65. The van der Waals surface area contributed by atoms with Crippen LogP contribution in [0.2, 0.25) is 0 Å². The van der Waals surface area contributed by atoms with Gasteiger partial charge < -0.3 is 15.2 Å². The van der Waals surface area contributed by atoms with Gasteiger partial charge >= 0.3 is 0 Å². The van der Waals surface area contributed by atoms with Crippen LogP contribution in [0.4, 0.5) is 0 Å². The molecule has 1 aromatic carbocycles. The average Bonchev–Trinajstić information content (AvgIpc) is 2.89. The van der Waals surface area contributed by atoms with Crippen LogP contribution < -0.4 is 10.5 Å². The van der Waals surface area contributed by atoms with Gasteiger partial charge in [0.05, 0.1) is 12.7 Å². The zero-order valence-corrected chi connectivity index (χ0v) is 12.7. The first-order chi connectivity index (χ1) is 9.65. The summed E-state index contributed by atoms with van der Waals surface area (Å²) < 4.78 is 11.6. The van der Waals surface area contributed by atoms with Gasteiger partial charge in [0.2, 0.25) is 0 Å². The van der Waals surface area contributed by atoms with Crippen LogP contribution >= 0.6 is 0 Å². The molecule has 1 heterocycles. The summed E-state index contributed by atoms with van der Waals surface area (Å²) in [5.74, 6) is 0.986. The zero-order valence-electron chi connectivity index (χ0n) is 12.7. The molecule has 0 amide bonds. The van der Waals surface area contributed by atoms with E-state index in [1.807, 2.05) is 6.92 Å². The molecule has 2 atom stereocenters. The van der Waals surface area contributed by atoms with E-state index in [4.69, 9.17) is 15.2 Å². The smallest absolute Gasteiger partial charge is 0.122 e. The number of aryl methyl sites for hydroxylation is 1. The van der Waals surface area contributed by atoms with Crippen molar-refractivity contribution in [1.29, 1.82) is 0 Å². The molecule has 1 fully saturated rings. The van der Waals surface area contributed by atoms with E-state index < -0.39 is 0 Å². The normalized spacial score (nSPS) is 20.1. The molecule has 112 valence electrons. The quantitative estimate of drug-likeness (QED) is 0.778. The number of benzene rings is 1. The van der Waals surface area contributed by atoms with Crippen molar-refractivity contribution in [3.8, 4) is 5.75 Å². The fraction of sp³-hybridized carbons (Fsp3) is 0.647. The van der Waals surface area contributed by atoms with Gasteiger partial charge in [0.15, 0.2) is 0 Å². The Labute approximate surface area is 122 Å². The molecule has 2 unspecified atom stereocenters. The summed E-state index contributed by atoms with van der Waals surface area (Å²) in [5.41, 5.74) is 8.39. The summed E-state index contributed by atoms with van der Waals surface area (Å²) in [4.78, 5) is 0. The highest BCUT2D eigenvalue weighted by Gasteiger charge is 2.14. The maximum absolute atomic E-state index is 5.94. The van der Waals surface area contributed by atoms with Crippen LogP contribution in [0, 0.1) is 6.92 Å². The summed E-state index contributed by atoms with van der Waals surface area (Å²) in [6.07, 6.45) is 5.90. The van der Waals surface area contributed by atoms with Crippen molar-refractivity contribution in [3.63, 3.8) is 0 Å². The minimum absolute atomic E-state index is 0.158. The molecule has 2 rings (SSSR count). The van der Waals surface area contributed by atoms with Gasteiger partial charge in [0.25, 0.3) is 0 Å². The topological polar surface area (TPSA) is 44.5 Å². The van der Waals surface area contributed by atoms with Crippen LogP contribution in [0.1, 0.15) is 43.7 Å². The lowest BCUT2D eigenvalue weighted by Gasteiger charge is -2.15. The Hall–Kier alpha value is -1.06. The van der Waals surface area contributed by atoms with Crippen molar-refractivity contribution < 1.29 is 9.47 Å². The summed E-state index contributed by atoms with van der Waals surface area (Å²) in [7, 11) is 0. The third-order valence-corrected chi connectivity index (χ3v) is 3.71. The fourth-order valence-corrected chi connectivity index (χ4v) is 2.72. The fourth-order valence-electron chi connectivity index (χ4n) is 2.72. The van der Waals surface area contributed by atoms with E-state index in [0.29, 0.717) is 6.10 Å². The lowest BCUT2D eigenvalue weighted by molar-refractivity contribution is 0.0981. The first-order valence-electron chi connectivity index (χ1n) is 7.74. The first-order valence-corrected chi connectivity index (χ1v) is 7.74. The molecule has 1 aliphatic rings. The maximum atomic E-state index is 5.94. The van der Waals surface area contributed by atoms with E-state index in [1.54, 1.807) is 0 Å². The number of hydrogen-bond acceptors (Lipinski definition) is 3. The lowest BCUT2D eigenvalue weighted by Crippen LogP contribution is -2.18. The Morgan fingerprint density at radius 2 is 2.30 bits per heavy atom. The summed E-state index contributed by atoms with van der Waals surface area (Å²) in [6.45, 7) is 5.83. The molecule has 3 nitrogen and oxygen atoms in total. The van der Waals surface area contributed by atoms with Gasteiger partial charge in [-0.1, -0.05) is 17.7 Å². The third-order valence-electron chi connectivity index (χ3n) is 3.71. The van der Waals surface area contributed by atoms with Gasteiger partial charge in [-0.3, -0.25) is 0 Å². The van der Waals surface area contributed by atoms with E-state index in [2.05, 4.69) is 25.1 Å². The van der Waals surface area contributed by atoms with Crippen molar-refractivity contribution >= 4 is 0 Å². The summed E-state index contributed by atoms with van der Waals surface area (Å²) in [5, 5.41) is 0. The molecule has 20 heavy (non-hydrogen) atoms. The molecule has 0 radical (unpaired) electrons. The van der Waals surface area contributed by atoms with Gasteiger partial charge in [-0.05, 0) is 57.6 Å². The monoisotopic (exact) mass is 277 g/mol. The lowest BCUT2D eigenvalue weighted by atomic mass is 10.0. The summed E-state index contributed by atoms with van der Waals surface area (Å²) in [6, 6.07) is 6.50. The summed E-state index contributed by atoms with van der Waals surface area (Å²) >= 11 is 0. The molecule has 3 heteroatoms. The number of ether oxygens (including phenoxy) is 2. The Morgan fingerprint density at radius 1 is 1.45 bits per heavy atom. The molecule has 0 bridgehead atoms. The van der Waals surface area contributed by atoms with Crippen molar-refractivity contribution in [3.05, 3.63) is 29.3 Å². The standard InChI is InChI=1S/C17H27NO2/c1-13-7-8-17(15(11-13)12-14(2)18)20-10-4-6-16-5-3-9-19-16/h7-8,11,14,16H,3-6,9-10,12,18H2,1-2H3. The molecular weight excluding hydrogens is 250 g/mol. The van der Waals surface area contributed by atoms with E-state index in [1.165, 1.54) is 24.0 Å². The van der Waals surface area contributed by atoms with Crippen LogP contribution in [0.3, 0.4) is 0 Å². The van der Waals surface area contributed by atoms with Crippen LogP contribution in [-0.4, -0.2) is 25.4 Å². The van der Waals surface area contributed by atoms with Gasteiger partial charge in [-0.2, -0.15) is 0 Å². The van der Waals surface area contributed by atoms with Crippen LogP contribution in [0.25, 0.3) is 0 Å². The minimum Gasteiger partial charge on any atom is -0.493 e.